The monoisotopic (exact) mass is 1310 g/mol. The average Bonchev–Trinajstić information content (AvgIpc) is 1.69. The van der Waals surface area contributed by atoms with Gasteiger partial charge in [0.25, 0.3) is 0 Å². The van der Waals surface area contributed by atoms with Crippen LogP contribution in [0.2, 0.25) is 0 Å². The van der Waals surface area contributed by atoms with E-state index in [2.05, 4.69) is 352 Å². The number of furan rings is 3. The van der Waals surface area contributed by atoms with Crippen LogP contribution in [0.15, 0.2) is 377 Å². The lowest BCUT2D eigenvalue weighted by Gasteiger charge is -2.20. The van der Waals surface area contributed by atoms with Crippen LogP contribution in [0.25, 0.3) is 219 Å². The van der Waals surface area contributed by atoms with Crippen molar-refractivity contribution < 1.29 is 13.3 Å². The molecule has 0 bridgehead atoms. The van der Waals surface area contributed by atoms with E-state index in [0.29, 0.717) is 0 Å². The Balaban J connectivity index is 0.000000134. The summed E-state index contributed by atoms with van der Waals surface area (Å²) in [5.41, 5.74) is 22.0. The molecular weight excluding hydrogens is 1250 g/mol. The molecule has 3 heterocycles. The number of para-hydroxylation sites is 3. The lowest BCUT2D eigenvalue weighted by atomic mass is 9.83. The Morgan fingerprint density at radius 2 is 0.417 bits per heavy atom. The third-order valence-corrected chi connectivity index (χ3v) is 21.6. The van der Waals surface area contributed by atoms with Gasteiger partial charge in [0.05, 0.1) is 0 Å². The zero-order chi connectivity index (χ0) is 67.6. The molecule has 0 saturated heterocycles. The minimum Gasteiger partial charge on any atom is -0.456 e. The van der Waals surface area contributed by atoms with Gasteiger partial charge in [0.1, 0.15) is 33.5 Å². The van der Waals surface area contributed by atoms with Crippen molar-refractivity contribution in [1.82, 2.24) is 0 Å². The Kier molecular flexibility index (Phi) is 13.3. The van der Waals surface area contributed by atoms with Crippen molar-refractivity contribution in [3.63, 3.8) is 0 Å². The molecule has 103 heavy (non-hydrogen) atoms. The van der Waals surface area contributed by atoms with Crippen LogP contribution in [0, 0.1) is 0 Å². The smallest absolute Gasteiger partial charge is 0.143 e. The molecule has 0 radical (unpaired) electrons. The summed E-state index contributed by atoms with van der Waals surface area (Å²) in [6, 6.07) is 131. The van der Waals surface area contributed by atoms with Gasteiger partial charge in [0, 0.05) is 43.4 Å². The van der Waals surface area contributed by atoms with E-state index in [1.165, 1.54) is 125 Å². The van der Waals surface area contributed by atoms with E-state index in [1.807, 2.05) is 12.1 Å². The maximum Gasteiger partial charge on any atom is 0.143 e. The second-order valence-corrected chi connectivity index (χ2v) is 27.0. The topological polar surface area (TPSA) is 39.4 Å². The molecule has 3 nitrogen and oxygen atoms in total. The molecule has 22 rings (SSSR count). The normalized spacial score (nSPS) is 11.9. The molecule has 3 heteroatoms. The van der Waals surface area contributed by atoms with Crippen molar-refractivity contribution in [2.75, 3.05) is 0 Å². The number of hydrogen-bond acceptors (Lipinski definition) is 3. The summed E-state index contributed by atoms with van der Waals surface area (Å²) in [5, 5.41) is 24.0. The fourth-order valence-electron chi connectivity index (χ4n) is 17.2. The van der Waals surface area contributed by atoms with E-state index in [4.69, 9.17) is 13.3 Å². The Labute approximate surface area is 592 Å². The van der Waals surface area contributed by atoms with Crippen LogP contribution in [0.3, 0.4) is 0 Å². The highest BCUT2D eigenvalue weighted by Gasteiger charge is 2.27. The minimum absolute atomic E-state index is 0.873. The van der Waals surface area contributed by atoms with Crippen molar-refractivity contribution in [1.29, 1.82) is 0 Å². The molecule has 0 fully saturated rings. The zero-order valence-electron chi connectivity index (χ0n) is 55.9. The first-order valence-electron chi connectivity index (χ1n) is 35.4. The largest absolute Gasteiger partial charge is 0.456 e. The highest BCUT2D eigenvalue weighted by atomic mass is 16.3. The molecule has 0 N–H and O–H groups in total. The van der Waals surface area contributed by atoms with Gasteiger partial charge in [-0.2, -0.15) is 0 Å². The van der Waals surface area contributed by atoms with Crippen LogP contribution < -0.4 is 0 Å². The number of rotatable bonds is 7. The molecule has 0 atom stereocenters. The van der Waals surface area contributed by atoms with Crippen molar-refractivity contribution in [3.05, 3.63) is 364 Å². The van der Waals surface area contributed by atoms with Gasteiger partial charge in [0.2, 0.25) is 0 Å². The van der Waals surface area contributed by atoms with Crippen LogP contribution in [0.5, 0.6) is 0 Å². The first-order chi connectivity index (χ1) is 51.2. The Hall–Kier alpha value is -13.6. The van der Waals surface area contributed by atoms with Gasteiger partial charge >= 0.3 is 0 Å². The van der Waals surface area contributed by atoms with Gasteiger partial charge in [-0.1, -0.05) is 328 Å². The fraction of sp³-hybridized carbons (Fsp3) is 0. The van der Waals surface area contributed by atoms with Crippen LogP contribution >= 0.6 is 0 Å². The first-order valence-corrected chi connectivity index (χ1v) is 35.4. The molecule has 3 aromatic heterocycles. The van der Waals surface area contributed by atoms with E-state index < -0.39 is 0 Å². The van der Waals surface area contributed by atoms with Crippen LogP contribution in [0.1, 0.15) is 0 Å². The highest BCUT2D eigenvalue weighted by molar-refractivity contribution is 6.31. The Morgan fingerprint density at radius 3 is 0.874 bits per heavy atom. The van der Waals surface area contributed by atoms with Crippen LogP contribution in [-0.2, 0) is 0 Å². The summed E-state index contributed by atoms with van der Waals surface area (Å²) in [4.78, 5) is 0. The molecule has 0 spiro atoms. The third-order valence-electron chi connectivity index (χ3n) is 21.6. The minimum atomic E-state index is 0.873. The van der Waals surface area contributed by atoms with Gasteiger partial charge in [-0.3, -0.25) is 0 Å². The van der Waals surface area contributed by atoms with E-state index in [-0.39, 0.29) is 0 Å². The molecule has 478 valence electrons. The van der Waals surface area contributed by atoms with E-state index >= 15 is 0 Å². The van der Waals surface area contributed by atoms with Crippen molar-refractivity contribution >= 4 is 141 Å². The molecule has 0 saturated carbocycles. The zero-order valence-corrected chi connectivity index (χ0v) is 55.9. The molecular formula is C100H60O3. The standard InChI is InChI=1S/C52H32O.C48H28O2/c1-2-15-33(16-3-1)36-29-30-39(38-21-7-6-20-37(36)38)45-31-32-47(51-46-26-12-13-28-48(46)53-52(45)51)50-43-24-10-8-22-41(43)49(42-23-9-11-25-44(42)50)40-27-14-18-34-17-4-5-19-35(34)40;1-2-15-30-29(13-1)14-11-22-31(30)44-32-16-3-5-18-34(32)45(35-19-6-4-17-33(35)44)40-28-27-37(48-47(40)39-21-8-10-25-42(39)50-48)36-23-12-26-43-46(36)38-20-7-9-24-41(38)49-43/h1-32H;1-28H. The van der Waals surface area contributed by atoms with Crippen LogP contribution in [-0.4, -0.2) is 0 Å². The van der Waals surface area contributed by atoms with Gasteiger partial charge in [0.15, 0.2) is 0 Å². The number of hydrogen-bond donors (Lipinski definition) is 0. The van der Waals surface area contributed by atoms with E-state index in [9.17, 15) is 0 Å². The third kappa shape index (κ3) is 9.09. The average molecular weight is 1310 g/mol. The van der Waals surface area contributed by atoms with Gasteiger partial charge < -0.3 is 13.3 Å². The van der Waals surface area contributed by atoms with Crippen molar-refractivity contribution in [3.8, 4) is 77.9 Å². The molecule has 19 aromatic carbocycles. The van der Waals surface area contributed by atoms with E-state index in [0.717, 1.165) is 93.6 Å². The molecule has 22 aromatic rings. The predicted molar refractivity (Wildman–Crippen MR) is 435 cm³/mol. The summed E-state index contributed by atoms with van der Waals surface area (Å²) in [6.07, 6.45) is 0. The second-order valence-electron chi connectivity index (χ2n) is 27.0. The van der Waals surface area contributed by atoms with Gasteiger partial charge in [-0.15, -0.1) is 0 Å². The molecule has 0 aliphatic heterocycles. The Morgan fingerprint density at radius 1 is 0.136 bits per heavy atom. The van der Waals surface area contributed by atoms with Crippen molar-refractivity contribution in [2.24, 2.45) is 0 Å². The lowest BCUT2D eigenvalue weighted by Crippen LogP contribution is -1.93. The SMILES string of the molecule is c1ccc(-c2ccc(-c3ccc(-c4c5ccccc5c(-c5cccc6ccccc56)c5ccccc45)c4c3oc3ccccc34)c3ccccc23)cc1.c1ccc2c(-c3c4ccccc4c(-c4ccc(-c5cccc6oc7ccccc7c56)c5oc6ccccc6c45)c4ccccc34)cccc2c1. The second kappa shape index (κ2) is 23.5. The molecule has 0 amide bonds. The number of fused-ring (bicyclic) bond motifs is 16. The maximum absolute atomic E-state index is 6.93. The molecule has 0 unspecified atom stereocenters. The number of benzene rings is 19. The summed E-state index contributed by atoms with van der Waals surface area (Å²) in [5.74, 6) is 0. The summed E-state index contributed by atoms with van der Waals surface area (Å²) < 4.78 is 20.1. The van der Waals surface area contributed by atoms with Gasteiger partial charge in [-0.25, -0.2) is 0 Å². The predicted octanol–water partition coefficient (Wildman–Crippen LogP) is 28.8. The highest BCUT2D eigenvalue weighted by Crippen LogP contribution is 2.53. The molecule has 0 aliphatic carbocycles. The van der Waals surface area contributed by atoms with Crippen molar-refractivity contribution in [2.45, 2.75) is 0 Å². The lowest BCUT2D eigenvalue weighted by molar-refractivity contribution is 0.668. The fourth-order valence-corrected chi connectivity index (χ4v) is 17.2. The summed E-state index contributed by atoms with van der Waals surface area (Å²) >= 11 is 0. The summed E-state index contributed by atoms with van der Waals surface area (Å²) in [6.45, 7) is 0. The Bertz CT molecular complexity index is 7120. The van der Waals surface area contributed by atoms with Gasteiger partial charge in [-0.05, 0) is 179 Å². The quantitative estimate of drug-likeness (QED) is 0.149. The van der Waals surface area contributed by atoms with Crippen LogP contribution in [0.4, 0.5) is 0 Å². The van der Waals surface area contributed by atoms with E-state index in [1.54, 1.807) is 0 Å². The summed E-state index contributed by atoms with van der Waals surface area (Å²) in [7, 11) is 0. The first kappa shape index (κ1) is 58.4. The maximum atomic E-state index is 6.93. The molecule has 0 aliphatic rings.